The Hall–Kier alpha value is -0.750. The molecule has 1 N–H and O–H groups in total. The quantitative estimate of drug-likeness (QED) is 0.832. The molecule has 21 heavy (non-hydrogen) atoms. The molecule has 1 fully saturated rings. The van der Waals surface area contributed by atoms with E-state index >= 15 is 0 Å². The van der Waals surface area contributed by atoms with E-state index in [4.69, 9.17) is 4.74 Å². The molecule has 0 unspecified atom stereocenters. The van der Waals surface area contributed by atoms with Crippen LogP contribution in [0.3, 0.4) is 0 Å². The van der Waals surface area contributed by atoms with Crippen molar-refractivity contribution in [1.82, 2.24) is 10.3 Å². The summed E-state index contributed by atoms with van der Waals surface area (Å²) in [6.45, 7) is 2.67. The van der Waals surface area contributed by atoms with E-state index in [1.165, 1.54) is 16.9 Å². The number of ether oxygens (including phenoxy) is 1. The molecule has 1 aromatic carbocycles. The fraction of sp³-hybridized carbons (Fsp3) is 0.438. The molecule has 1 aromatic heterocycles. The fourth-order valence-corrected chi connectivity index (χ4v) is 4.02. The molecule has 0 saturated carbocycles. The molecule has 1 aliphatic heterocycles. The van der Waals surface area contributed by atoms with Gasteiger partial charge in [0.25, 0.3) is 0 Å². The van der Waals surface area contributed by atoms with Crippen molar-refractivity contribution in [2.75, 3.05) is 13.2 Å². The van der Waals surface area contributed by atoms with Crippen LogP contribution in [0, 0.1) is 5.92 Å². The van der Waals surface area contributed by atoms with Crippen LogP contribution >= 0.6 is 27.3 Å². The molecule has 2 atom stereocenters. The zero-order valence-corrected chi connectivity index (χ0v) is 14.2. The lowest BCUT2D eigenvalue weighted by Gasteiger charge is -2.21. The highest BCUT2D eigenvalue weighted by Gasteiger charge is 2.21. The summed E-state index contributed by atoms with van der Waals surface area (Å²) in [7, 11) is 0. The topological polar surface area (TPSA) is 34.2 Å². The Morgan fingerprint density at radius 2 is 2.24 bits per heavy atom. The van der Waals surface area contributed by atoms with Gasteiger partial charge >= 0.3 is 0 Å². The number of nitrogens with one attached hydrogen (secondary N) is 1. The Balaban J connectivity index is 1.66. The monoisotopic (exact) mass is 366 g/mol. The third-order valence-corrected chi connectivity index (χ3v) is 5.32. The Morgan fingerprint density at radius 1 is 1.38 bits per heavy atom. The van der Waals surface area contributed by atoms with Gasteiger partial charge in [0.1, 0.15) is 0 Å². The highest BCUT2D eigenvalue weighted by Crippen LogP contribution is 2.27. The first-order chi connectivity index (χ1) is 10.3. The molecule has 1 saturated heterocycles. The Morgan fingerprint density at radius 3 is 2.90 bits per heavy atom. The number of nitrogens with zero attached hydrogens (tertiary/aromatic N) is 1. The summed E-state index contributed by atoms with van der Waals surface area (Å²) in [4.78, 5) is 5.50. The van der Waals surface area contributed by atoms with E-state index in [9.17, 15) is 0 Å². The van der Waals surface area contributed by atoms with Crippen molar-refractivity contribution < 1.29 is 4.74 Å². The van der Waals surface area contributed by atoms with E-state index in [0.717, 1.165) is 30.1 Å². The molecule has 0 radical (unpaired) electrons. The van der Waals surface area contributed by atoms with Gasteiger partial charge in [0.2, 0.25) is 0 Å². The minimum absolute atomic E-state index is 0.374. The molecule has 0 aliphatic carbocycles. The smallest absolute Gasteiger partial charge is 0.159 e. The van der Waals surface area contributed by atoms with E-state index in [0.29, 0.717) is 12.0 Å². The maximum absolute atomic E-state index is 5.52. The van der Waals surface area contributed by atoms with Crippen molar-refractivity contribution in [2.24, 2.45) is 5.92 Å². The van der Waals surface area contributed by atoms with E-state index in [2.05, 4.69) is 56.6 Å². The predicted molar refractivity (Wildman–Crippen MR) is 89.4 cm³/mol. The van der Waals surface area contributed by atoms with Crippen LogP contribution in [0.5, 0.6) is 0 Å². The maximum Gasteiger partial charge on any atom is 0.159 e. The molecule has 5 heteroatoms. The number of thiazole rings is 1. The molecular formula is C16H19BrN2OS. The van der Waals surface area contributed by atoms with Crippen LogP contribution < -0.4 is 5.32 Å². The van der Waals surface area contributed by atoms with Gasteiger partial charge in [0.15, 0.2) is 3.92 Å². The largest absolute Gasteiger partial charge is 0.381 e. The highest BCUT2D eigenvalue weighted by molar-refractivity contribution is 9.11. The zero-order valence-electron chi connectivity index (χ0n) is 11.8. The fourth-order valence-electron chi connectivity index (χ4n) is 2.71. The second-order valence-corrected chi connectivity index (χ2v) is 7.78. The number of hydrogen-bond acceptors (Lipinski definition) is 4. The molecular weight excluding hydrogens is 348 g/mol. The van der Waals surface area contributed by atoms with Crippen molar-refractivity contribution in [1.29, 1.82) is 0 Å². The van der Waals surface area contributed by atoms with Crippen molar-refractivity contribution >= 4 is 27.3 Å². The number of halogens is 1. The Bertz CT molecular complexity index is 554. The van der Waals surface area contributed by atoms with Gasteiger partial charge in [0, 0.05) is 36.9 Å². The standard InChI is InChI=1S/C16H19BrN2OS/c17-16-19-10-14(21-16)9-18-15(8-12-6-7-20-11-12)13-4-2-1-3-5-13/h1-5,10,12,15,18H,6-9,11H2/t12-,15+/m1/s1. The molecule has 1 aliphatic rings. The van der Waals surface area contributed by atoms with Gasteiger partial charge in [-0.1, -0.05) is 30.3 Å². The molecule has 2 aromatic rings. The van der Waals surface area contributed by atoms with Gasteiger partial charge in [-0.15, -0.1) is 11.3 Å². The van der Waals surface area contributed by atoms with Gasteiger partial charge in [0.05, 0.1) is 0 Å². The molecule has 2 heterocycles. The zero-order chi connectivity index (χ0) is 14.5. The third kappa shape index (κ3) is 4.36. The SMILES string of the molecule is Brc1ncc(CN[C@@H](C[C@H]2CCOC2)c2ccccc2)s1. The van der Waals surface area contributed by atoms with Gasteiger partial charge in [-0.25, -0.2) is 4.98 Å². The van der Waals surface area contributed by atoms with Gasteiger partial charge in [-0.2, -0.15) is 0 Å². The summed E-state index contributed by atoms with van der Waals surface area (Å²) >= 11 is 5.10. The molecule has 0 spiro atoms. The van der Waals surface area contributed by atoms with Crippen LogP contribution in [0.4, 0.5) is 0 Å². The minimum Gasteiger partial charge on any atom is -0.381 e. The number of rotatable bonds is 6. The van der Waals surface area contributed by atoms with Crippen LogP contribution in [-0.4, -0.2) is 18.2 Å². The average Bonchev–Trinajstić information content (AvgIpc) is 3.16. The van der Waals surface area contributed by atoms with Crippen LogP contribution in [-0.2, 0) is 11.3 Å². The lowest BCUT2D eigenvalue weighted by molar-refractivity contribution is 0.181. The summed E-state index contributed by atoms with van der Waals surface area (Å²) in [6, 6.07) is 11.1. The summed E-state index contributed by atoms with van der Waals surface area (Å²) < 4.78 is 6.46. The van der Waals surface area contributed by atoms with Crippen molar-refractivity contribution in [2.45, 2.75) is 25.4 Å². The second-order valence-electron chi connectivity index (χ2n) is 5.39. The third-order valence-electron chi connectivity index (χ3n) is 3.84. The summed E-state index contributed by atoms with van der Waals surface area (Å²) in [5.74, 6) is 0.663. The van der Waals surface area contributed by atoms with Crippen molar-refractivity contribution in [3.8, 4) is 0 Å². The maximum atomic E-state index is 5.52. The highest BCUT2D eigenvalue weighted by atomic mass is 79.9. The molecule has 3 rings (SSSR count). The van der Waals surface area contributed by atoms with E-state index < -0.39 is 0 Å². The van der Waals surface area contributed by atoms with Gasteiger partial charge in [-0.3, -0.25) is 0 Å². The van der Waals surface area contributed by atoms with Crippen molar-refractivity contribution in [3.63, 3.8) is 0 Å². The normalized spacial score (nSPS) is 19.8. The molecule has 3 nitrogen and oxygen atoms in total. The first-order valence-corrected chi connectivity index (χ1v) is 8.88. The minimum atomic E-state index is 0.374. The number of benzene rings is 1. The summed E-state index contributed by atoms with van der Waals surface area (Å²) in [5, 5.41) is 3.69. The Kier molecular flexibility index (Phi) is 5.41. The lowest BCUT2D eigenvalue weighted by Crippen LogP contribution is -2.23. The van der Waals surface area contributed by atoms with Gasteiger partial charge in [-0.05, 0) is 40.3 Å². The first kappa shape index (κ1) is 15.2. The summed E-state index contributed by atoms with van der Waals surface area (Å²) in [6.07, 6.45) is 4.24. The van der Waals surface area contributed by atoms with Gasteiger partial charge < -0.3 is 10.1 Å². The van der Waals surface area contributed by atoms with Crippen LogP contribution in [0.1, 0.15) is 29.3 Å². The second kappa shape index (κ2) is 7.49. The average molecular weight is 367 g/mol. The lowest BCUT2D eigenvalue weighted by atomic mass is 9.94. The van der Waals surface area contributed by atoms with Crippen LogP contribution in [0.25, 0.3) is 0 Å². The van der Waals surface area contributed by atoms with Crippen LogP contribution in [0.15, 0.2) is 40.4 Å². The van der Waals surface area contributed by atoms with E-state index in [-0.39, 0.29) is 0 Å². The first-order valence-electron chi connectivity index (χ1n) is 7.27. The molecule has 112 valence electrons. The van der Waals surface area contributed by atoms with Crippen LogP contribution in [0.2, 0.25) is 0 Å². The van der Waals surface area contributed by atoms with E-state index in [1.807, 2.05) is 6.20 Å². The number of aromatic nitrogens is 1. The predicted octanol–water partition coefficient (Wildman–Crippen LogP) is 4.16. The summed E-state index contributed by atoms with van der Waals surface area (Å²) in [5.41, 5.74) is 1.35. The van der Waals surface area contributed by atoms with E-state index in [1.54, 1.807) is 11.3 Å². The Labute approximate surface area is 137 Å². The number of hydrogen-bond donors (Lipinski definition) is 1. The molecule has 0 bridgehead atoms. The van der Waals surface area contributed by atoms with Crippen molar-refractivity contribution in [3.05, 3.63) is 50.9 Å². The molecule has 0 amide bonds.